The summed E-state index contributed by atoms with van der Waals surface area (Å²) in [6, 6.07) is -1.22. The van der Waals surface area contributed by atoms with Gasteiger partial charge in [-0.25, -0.2) is 14.4 Å². The van der Waals surface area contributed by atoms with E-state index in [-0.39, 0.29) is 101 Å². The number of amides is 3. The van der Waals surface area contributed by atoms with Crippen molar-refractivity contribution in [2.75, 3.05) is 125 Å². The number of alkyl carbamates (subject to hydrolysis) is 1. The second-order valence-electron chi connectivity index (χ2n) is 26.5. The third-order valence-corrected chi connectivity index (χ3v) is 20.9. The fraction of sp³-hybridized carbons (Fsp3) is 0.764. The summed E-state index contributed by atoms with van der Waals surface area (Å²) in [5.74, 6) is -9.52. The molecule has 0 unspecified atom stereocenters. The van der Waals surface area contributed by atoms with Crippen molar-refractivity contribution in [3.05, 3.63) is 47.6 Å². The number of ether oxygens (including phenoxy) is 12. The molecule has 0 spiro atoms. The van der Waals surface area contributed by atoms with Crippen LogP contribution >= 0.6 is 21.6 Å². The van der Waals surface area contributed by atoms with Gasteiger partial charge in [0.15, 0.2) is 5.78 Å². The monoisotopic (exact) mass is 1470 g/mol. The van der Waals surface area contributed by atoms with Crippen LogP contribution in [0.25, 0.3) is 0 Å². The lowest BCUT2D eigenvalue weighted by Crippen LogP contribution is -2.61. The Morgan fingerprint density at radius 3 is 2.00 bits per heavy atom. The van der Waals surface area contributed by atoms with Gasteiger partial charge in [0.05, 0.1) is 84.2 Å². The maximum absolute atomic E-state index is 14.7. The van der Waals surface area contributed by atoms with Crippen molar-refractivity contribution in [2.24, 2.45) is 35.5 Å². The standard InChI is InChI=1S/C72H115N3O24S2/c1-47-16-12-11-13-17-48(2)59(88-8)44-55-21-19-53(7)72(87,99-55)68(83)69(84)75-27-15-14-18-56(75)70(85)98-60(45-57(76)49(3)41-52(6)66(82)67(90-10)65(81)51(5)40-47)50(4)42-54-20-22-58(61(43-54)89-9)97-64(80)24-23-62(77)73-25-38-100-101-39-26-74-71(86)96-37-36-94-33-32-92-29-28-91-30-31-93-34-35-95-46-63(78)79/h11-13,16-17,41,47,49-51,53-56,58-61,66-67,82,87H,14-15,18-40,42-46H2,1-10H3,(H,73,77)(H,74,86)(H,78,79)/b13-11?,16-12+,48-17?,52-41+/t47-,49-,50-,51-,53-,54+,55+,56+,58-,59+,60+,61-,66-,67+,72-/m1/s1. The number of ketones is 3. The summed E-state index contributed by atoms with van der Waals surface area (Å²) in [6.07, 6.45) is 8.82. The molecule has 3 aliphatic heterocycles. The number of Topliss-reactive ketones (excluding diaryl/α,β-unsaturated/α-hetero) is 3. The van der Waals surface area contributed by atoms with Crippen molar-refractivity contribution in [3.8, 4) is 0 Å². The molecule has 101 heavy (non-hydrogen) atoms. The highest BCUT2D eigenvalue weighted by Crippen LogP contribution is 2.38. The number of methoxy groups -OCH3 is 3. The third kappa shape index (κ3) is 32.4. The summed E-state index contributed by atoms with van der Waals surface area (Å²) in [4.78, 5) is 121. The number of cyclic esters (lactones) is 1. The lowest BCUT2D eigenvalue weighted by Gasteiger charge is -2.42. The molecule has 29 heteroatoms. The fourth-order valence-electron chi connectivity index (χ4n) is 12.6. The Balaban J connectivity index is 1.29. The molecular formula is C72H115N3O24S2. The summed E-state index contributed by atoms with van der Waals surface area (Å²) in [7, 11) is 7.47. The summed E-state index contributed by atoms with van der Waals surface area (Å²) in [5.41, 5.74) is 1.19. The number of nitrogens with zero attached hydrogens (tertiary/aromatic N) is 1. The van der Waals surface area contributed by atoms with E-state index in [0.29, 0.717) is 128 Å². The highest BCUT2D eigenvalue weighted by molar-refractivity contribution is 8.76. The minimum Gasteiger partial charge on any atom is -0.480 e. The highest BCUT2D eigenvalue weighted by atomic mass is 33.1. The molecule has 4 rings (SSSR count). The molecule has 3 amide bonds. The van der Waals surface area contributed by atoms with Gasteiger partial charge >= 0.3 is 24.0 Å². The van der Waals surface area contributed by atoms with Gasteiger partial charge in [0.1, 0.15) is 49.5 Å². The number of carboxylic acids is 1. The van der Waals surface area contributed by atoms with E-state index in [1.807, 2.05) is 51.2 Å². The number of rotatable bonds is 34. The maximum atomic E-state index is 14.7. The predicted molar refractivity (Wildman–Crippen MR) is 377 cm³/mol. The summed E-state index contributed by atoms with van der Waals surface area (Å²) < 4.78 is 67.3. The quantitative estimate of drug-likeness (QED) is 0.0109. The van der Waals surface area contributed by atoms with Crippen LogP contribution in [0.2, 0.25) is 0 Å². The molecule has 5 N–H and O–H groups in total. The number of piperidine rings is 1. The van der Waals surface area contributed by atoms with E-state index in [2.05, 4.69) is 10.6 Å². The largest absolute Gasteiger partial charge is 0.480 e. The van der Waals surface area contributed by atoms with Crippen LogP contribution in [0.4, 0.5) is 4.79 Å². The van der Waals surface area contributed by atoms with Crippen molar-refractivity contribution in [1.82, 2.24) is 15.5 Å². The zero-order chi connectivity index (χ0) is 74.3. The molecule has 2 saturated heterocycles. The Kier molecular flexibility index (Phi) is 42.6. The van der Waals surface area contributed by atoms with Gasteiger partial charge < -0.3 is 87.7 Å². The molecule has 574 valence electrons. The molecule has 0 aromatic rings. The molecular weight excluding hydrogens is 1350 g/mol. The molecule has 4 aliphatic rings. The number of carbonyl (C=O) groups excluding carboxylic acids is 8. The average Bonchev–Trinajstić information content (AvgIpc) is 0.776. The second kappa shape index (κ2) is 48.8. The zero-order valence-electron chi connectivity index (χ0n) is 60.9. The first-order valence-corrected chi connectivity index (χ1v) is 38.0. The Labute approximate surface area is 604 Å². The molecule has 15 atom stereocenters. The van der Waals surface area contributed by atoms with Crippen LogP contribution in [-0.4, -0.2) is 253 Å². The normalized spacial score (nSPS) is 29.1. The van der Waals surface area contributed by atoms with Crippen LogP contribution in [0.5, 0.6) is 0 Å². The Morgan fingerprint density at radius 2 is 1.37 bits per heavy atom. The number of aliphatic hydroxyl groups excluding tert-OH is 1. The van der Waals surface area contributed by atoms with E-state index in [4.69, 9.17) is 61.9 Å². The SMILES string of the molecule is CO[C@H]1C[C@@H]2CC[C@@H](C)[C@@](O)(O2)C(=O)C(=O)N2CCCC[C@H]2C(=O)O[C@H]([C@H](C)C[C@@H]2CC[C@@H](OC(=O)CCC(=O)NCCSSCCNC(=O)OCCOCCOCCOCCOCCOCC(=O)O)[C@H](OC)C2)CC(=O)[C@H](C)/C=C(\C)[C@@H](O)[C@@H](OC)C(=O)[C@H](C)C[C@H](C)/C=C/C=CC=C1C. The number of hydrogen-bond donors (Lipinski definition) is 5. The number of aliphatic carboxylic acids is 1. The summed E-state index contributed by atoms with van der Waals surface area (Å²) in [6.45, 7) is 15.7. The molecule has 0 aromatic heterocycles. The van der Waals surface area contributed by atoms with Gasteiger partial charge in [0.2, 0.25) is 11.7 Å². The topological polar surface area (TPSA) is 352 Å². The van der Waals surface area contributed by atoms with Crippen LogP contribution in [0.15, 0.2) is 47.6 Å². The van der Waals surface area contributed by atoms with Gasteiger partial charge in [-0.1, -0.05) is 92.7 Å². The predicted octanol–water partition coefficient (Wildman–Crippen LogP) is 6.90. The Morgan fingerprint density at radius 1 is 0.723 bits per heavy atom. The van der Waals surface area contributed by atoms with E-state index >= 15 is 0 Å². The van der Waals surface area contributed by atoms with Crippen LogP contribution in [0.1, 0.15) is 138 Å². The zero-order valence-corrected chi connectivity index (χ0v) is 62.6. The number of carboxylic acid groups (broad SMARTS) is 1. The number of hydrogen-bond acceptors (Lipinski definition) is 25. The minimum atomic E-state index is -2.49. The number of carbonyl (C=O) groups is 9. The van der Waals surface area contributed by atoms with Crippen molar-refractivity contribution >= 4 is 74.8 Å². The molecule has 2 bridgehead atoms. The summed E-state index contributed by atoms with van der Waals surface area (Å²) in [5, 5.41) is 37.7. The maximum Gasteiger partial charge on any atom is 0.407 e. The Bertz CT molecular complexity index is 2700. The number of esters is 2. The van der Waals surface area contributed by atoms with E-state index < -0.39 is 114 Å². The third-order valence-electron chi connectivity index (χ3n) is 18.5. The lowest BCUT2D eigenvalue weighted by atomic mass is 9.78. The highest BCUT2D eigenvalue weighted by Gasteiger charge is 2.53. The van der Waals surface area contributed by atoms with Crippen molar-refractivity contribution < 1.29 is 115 Å². The van der Waals surface area contributed by atoms with Crippen molar-refractivity contribution in [3.63, 3.8) is 0 Å². The van der Waals surface area contributed by atoms with E-state index in [1.54, 1.807) is 40.9 Å². The van der Waals surface area contributed by atoms with Crippen LogP contribution in [-0.2, 0) is 95.2 Å². The number of allylic oxidation sites excluding steroid dienone is 6. The Hall–Kier alpha value is -5.15. The van der Waals surface area contributed by atoms with E-state index in [9.17, 15) is 53.4 Å². The first-order chi connectivity index (χ1) is 48.3. The van der Waals surface area contributed by atoms with Gasteiger partial charge in [-0.3, -0.25) is 28.8 Å². The second-order valence-corrected chi connectivity index (χ2v) is 29.2. The molecule has 3 heterocycles. The van der Waals surface area contributed by atoms with Gasteiger partial charge in [0.25, 0.3) is 11.7 Å². The molecule has 3 fully saturated rings. The lowest BCUT2D eigenvalue weighted by molar-refractivity contribution is -0.265. The molecule has 1 saturated carbocycles. The van der Waals surface area contributed by atoms with Gasteiger partial charge in [0, 0.05) is 89.5 Å². The first-order valence-electron chi connectivity index (χ1n) is 35.5. The van der Waals surface area contributed by atoms with Crippen molar-refractivity contribution in [2.45, 2.75) is 193 Å². The van der Waals surface area contributed by atoms with Gasteiger partial charge in [-0.2, -0.15) is 0 Å². The molecule has 0 radical (unpaired) electrons. The molecule has 0 aromatic carbocycles. The minimum absolute atomic E-state index is 0.0232. The van der Waals surface area contributed by atoms with Crippen molar-refractivity contribution in [1.29, 1.82) is 0 Å². The first kappa shape index (κ1) is 88.2. The number of fused-ring (bicyclic) bond motifs is 3. The van der Waals surface area contributed by atoms with E-state index in [1.165, 1.54) is 35.8 Å². The van der Waals surface area contributed by atoms with E-state index in [0.717, 1.165) is 10.5 Å². The molecule has 1 aliphatic carbocycles. The molecule has 27 nitrogen and oxygen atoms in total. The smallest absolute Gasteiger partial charge is 0.407 e. The van der Waals surface area contributed by atoms with Crippen LogP contribution in [0, 0.1) is 35.5 Å². The summed E-state index contributed by atoms with van der Waals surface area (Å²) >= 11 is 0. The van der Waals surface area contributed by atoms with Gasteiger partial charge in [-0.15, -0.1) is 0 Å². The number of nitrogens with one attached hydrogen (secondary N) is 2. The number of aliphatic hydroxyl groups is 2. The fourth-order valence-corrected chi connectivity index (χ4v) is 14.4. The van der Waals surface area contributed by atoms with Gasteiger partial charge in [-0.05, 0) is 107 Å². The average molecular weight is 1470 g/mol. The van der Waals surface area contributed by atoms with Crippen LogP contribution < -0.4 is 10.6 Å². The van der Waals surface area contributed by atoms with Crippen LogP contribution in [0.3, 0.4) is 0 Å².